The molecular weight excluding hydrogens is 308 g/mol. The van der Waals surface area contributed by atoms with Gasteiger partial charge in [0.2, 0.25) is 0 Å². The Morgan fingerprint density at radius 1 is 1.38 bits per heavy atom. The lowest BCUT2D eigenvalue weighted by Gasteiger charge is -2.27. The SMILES string of the molecule is CO[C@H]1C[C@@H](CN(C)C)N(c2cc(NCc3cocn3)ncn2)C1. The van der Waals surface area contributed by atoms with E-state index in [9.17, 15) is 0 Å². The molecule has 3 heterocycles. The number of nitrogens with one attached hydrogen (secondary N) is 1. The second-order valence-electron chi connectivity index (χ2n) is 6.26. The van der Waals surface area contributed by atoms with Crippen LogP contribution in [0.5, 0.6) is 0 Å². The molecule has 1 aliphatic heterocycles. The molecule has 1 aliphatic rings. The van der Waals surface area contributed by atoms with Crippen LogP contribution in [0.15, 0.2) is 29.5 Å². The number of ether oxygens (including phenoxy) is 1. The average Bonchev–Trinajstić information content (AvgIpc) is 3.22. The molecule has 0 aliphatic carbocycles. The van der Waals surface area contributed by atoms with Crippen molar-refractivity contribution in [1.29, 1.82) is 0 Å². The van der Waals surface area contributed by atoms with E-state index in [1.165, 1.54) is 6.39 Å². The fourth-order valence-electron chi connectivity index (χ4n) is 3.03. The van der Waals surface area contributed by atoms with E-state index in [0.29, 0.717) is 12.6 Å². The van der Waals surface area contributed by atoms with Crippen molar-refractivity contribution in [3.63, 3.8) is 0 Å². The average molecular weight is 332 g/mol. The molecule has 2 aromatic heterocycles. The lowest BCUT2D eigenvalue weighted by molar-refractivity contribution is 0.117. The highest BCUT2D eigenvalue weighted by atomic mass is 16.5. The quantitative estimate of drug-likeness (QED) is 0.811. The minimum absolute atomic E-state index is 0.233. The van der Waals surface area contributed by atoms with Crippen LogP contribution < -0.4 is 10.2 Å². The van der Waals surface area contributed by atoms with Crippen molar-refractivity contribution in [3.05, 3.63) is 30.7 Å². The van der Waals surface area contributed by atoms with Gasteiger partial charge in [-0.05, 0) is 20.5 Å². The number of oxazole rings is 1. The zero-order chi connectivity index (χ0) is 16.9. The van der Waals surface area contributed by atoms with Gasteiger partial charge in [-0.3, -0.25) is 0 Å². The van der Waals surface area contributed by atoms with Crippen molar-refractivity contribution in [3.8, 4) is 0 Å². The van der Waals surface area contributed by atoms with E-state index in [0.717, 1.165) is 36.8 Å². The number of nitrogens with zero attached hydrogens (tertiary/aromatic N) is 5. The summed E-state index contributed by atoms with van der Waals surface area (Å²) in [4.78, 5) is 17.3. The Labute approximate surface area is 141 Å². The van der Waals surface area contributed by atoms with Gasteiger partial charge in [0.05, 0.1) is 18.3 Å². The van der Waals surface area contributed by atoms with Crippen LogP contribution in [0.3, 0.4) is 0 Å². The maximum Gasteiger partial charge on any atom is 0.180 e. The van der Waals surface area contributed by atoms with Gasteiger partial charge in [0, 0.05) is 32.3 Å². The number of rotatable bonds is 7. The zero-order valence-electron chi connectivity index (χ0n) is 14.3. The largest absolute Gasteiger partial charge is 0.451 e. The van der Waals surface area contributed by atoms with Gasteiger partial charge in [-0.1, -0.05) is 0 Å². The highest BCUT2D eigenvalue weighted by Gasteiger charge is 2.33. The molecule has 1 fully saturated rings. The monoisotopic (exact) mass is 332 g/mol. The van der Waals surface area contributed by atoms with E-state index >= 15 is 0 Å². The number of hydrogen-bond donors (Lipinski definition) is 1. The summed E-state index contributed by atoms with van der Waals surface area (Å²) in [5.41, 5.74) is 0.835. The van der Waals surface area contributed by atoms with E-state index in [2.05, 4.69) is 44.2 Å². The molecule has 0 saturated carbocycles. The molecule has 2 aromatic rings. The van der Waals surface area contributed by atoms with Gasteiger partial charge >= 0.3 is 0 Å². The van der Waals surface area contributed by atoms with E-state index in [1.54, 1.807) is 19.7 Å². The number of methoxy groups -OCH3 is 1. The Bertz CT molecular complexity index is 633. The third-order valence-corrected chi connectivity index (χ3v) is 4.17. The molecule has 2 atom stereocenters. The van der Waals surface area contributed by atoms with Gasteiger partial charge in [-0.15, -0.1) is 0 Å². The van der Waals surface area contributed by atoms with Gasteiger partial charge in [0.15, 0.2) is 6.39 Å². The van der Waals surface area contributed by atoms with E-state index < -0.39 is 0 Å². The molecule has 1 N–H and O–H groups in total. The number of aromatic nitrogens is 3. The van der Waals surface area contributed by atoms with E-state index in [1.807, 2.05) is 6.07 Å². The predicted octanol–water partition coefficient (Wildman–Crippen LogP) is 1.23. The molecule has 3 rings (SSSR count). The topological polar surface area (TPSA) is 79.5 Å². The smallest absolute Gasteiger partial charge is 0.180 e. The summed E-state index contributed by atoms with van der Waals surface area (Å²) in [6.45, 7) is 2.37. The van der Waals surface area contributed by atoms with Gasteiger partial charge in [0.1, 0.15) is 24.2 Å². The van der Waals surface area contributed by atoms with Crippen LogP contribution in [0.4, 0.5) is 11.6 Å². The van der Waals surface area contributed by atoms with Crippen LogP contribution >= 0.6 is 0 Å². The molecule has 0 aromatic carbocycles. The third kappa shape index (κ3) is 4.01. The lowest BCUT2D eigenvalue weighted by Crippen LogP contribution is -2.38. The molecular formula is C16H24N6O2. The summed E-state index contributed by atoms with van der Waals surface area (Å²) < 4.78 is 10.5. The first kappa shape index (κ1) is 16.7. The summed E-state index contributed by atoms with van der Waals surface area (Å²) >= 11 is 0. The Balaban J connectivity index is 1.71. The Kier molecular flexibility index (Phi) is 5.27. The van der Waals surface area contributed by atoms with E-state index in [-0.39, 0.29) is 6.10 Å². The summed E-state index contributed by atoms with van der Waals surface area (Å²) in [6.07, 6.45) is 5.86. The number of likely N-dealkylation sites (N-methyl/N-ethyl adjacent to an activating group) is 1. The second kappa shape index (κ2) is 7.59. The zero-order valence-corrected chi connectivity index (χ0v) is 14.3. The number of hydrogen-bond acceptors (Lipinski definition) is 8. The molecule has 0 spiro atoms. The van der Waals surface area contributed by atoms with Crippen molar-refractivity contribution >= 4 is 11.6 Å². The summed E-state index contributed by atoms with van der Waals surface area (Å²) in [5, 5.41) is 3.25. The highest BCUT2D eigenvalue weighted by molar-refractivity contribution is 5.50. The maximum absolute atomic E-state index is 5.56. The minimum Gasteiger partial charge on any atom is -0.451 e. The van der Waals surface area contributed by atoms with E-state index in [4.69, 9.17) is 9.15 Å². The van der Waals surface area contributed by atoms with Crippen LogP contribution in [0.1, 0.15) is 12.1 Å². The molecule has 0 amide bonds. The first-order chi connectivity index (χ1) is 11.7. The molecule has 0 bridgehead atoms. The second-order valence-corrected chi connectivity index (χ2v) is 6.26. The van der Waals surface area contributed by atoms with Crippen molar-refractivity contribution < 1.29 is 9.15 Å². The highest BCUT2D eigenvalue weighted by Crippen LogP contribution is 2.27. The molecule has 1 saturated heterocycles. The van der Waals surface area contributed by atoms with Crippen molar-refractivity contribution in [2.24, 2.45) is 0 Å². The maximum atomic E-state index is 5.56. The normalized spacial score (nSPS) is 20.8. The predicted molar refractivity (Wildman–Crippen MR) is 91.0 cm³/mol. The molecule has 8 heteroatoms. The molecule has 0 unspecified atom stereocenters. The fraction of sp³-hybridized carbons (Fsp3) is 0.562. The van der Waals surface area contributed by atoms with Crippen LogP contribution in [-0.4, -0.2) is 66.3 Å². The standard InChI is InChI=1S/C16H24N6O2/c1-21(2)7-13-4-14(23-3)8-22(13)16-5-15(18-10-19-16)17-6-12-9-24-11-20-12/h5,9-11,13-14H,4,6-8H2,1-3H3,(H,17,18,19)/t13-,14-/m0/s1. The Morgan fingerprint density at radius 3 is 2.96 bits per heavy atom. The van der Waals surface area contributed by atoms with Gasteiger partial charge in [-0.25, -0.2) is 15.0 Å². The van der Waals surface area contributed by atoms with Crippen molar-refractivity contribution in [2.45, 2.75) is 25.1 Å². The van der Waals surface area contributed by atoms with Crippen LogP contribution in [0, 0.1) is 0 Å². The summed E-state index contributed by atoms with van der Waals surface area (Å²) in [7, 11) is 5.94. The fourth-order valence-corrected chi connectivity index (χ4v) is 3.03. The van der Waals surface area contributed by atoms with Gasteiger partial charge in [-0.2, -0.15) is 0 Å². The van der Waals surface area contributed by atoms with Crippen LogP contribution in [0.25, 0.3) is 0 Å². The summed E-state index contributed by atoms with van der Waals surface area (Å²) in [6, 6.07) is 2.35. The van der Waals surface area contributed by atoms with Gasteiger partial charge < -0.3 is 24.3 Å². The molecule has 130 valence electrons. The molecule has 0 radical (unpaired) electrons. The minimum atomic E-state index is 0.233. The van der Waals surface area contributed by atoms with Gasteiger partial charge in [0.25, 0.3) is 0 Å². The first-order valence-electron chi connectivity index (χ1n) is 8.03. The first-order valence-corrected chi connectivity index (χ1v) is 8.03. The third-order valence-electron chi connectivity index (χ3n) is 4.17. The van der Waals surface area contributed by atoms with Crippen LogP contribution in [-0.2, 0) is 11.3 Å². The van der Waals surface area contributed by atoms with Crippen molar-refractivity contribution in [1.82, 2.24) is 19.9 Å². The molecule has 24 heavy (non-hydrogen) atoms. The van der Waals surface area contributed by atoms with Crippen molar-refractivity contribution in [2.75, 3.05) is 44.5 Å². The van der Waals surface area contributed by atoms with Crippen LogP contribution in [0.2, 0.25) is 0 Å². The summed E-state index contributed by atoms with van der Waals surface area (Å²) in [5.74, 6) is 1.69. The Morgan fingerprint density at radius 2 is 2.25 bits per heavy atom. The molecule has 8 nitrogen and oxygen atoms in total. The lowest BCUT2D eigenvalue weighted by atomic mass is 10.2. The number of anilines is 2. The Hall–Kier alpha value is -2.19.